The Labute approximate surface area is 120 Å². The van der Waals surface area contributed by atoms with E-state index in [4.69, 9.17) is 9.47 Å². The van der Waals surface area contributed by atoms with Gasteiger partial charge in [-0.25, -0.2) is 0 Å². The lowest BCUT2D eigenvalue weighted by Crippen LogP contribution is -2.36. The number of aromatic nitrogens is 1. The van der Waals surface area contributed by atoms with E-state index >= 15 is 0 Å². The van der Waals surface area contributed by atoms with Gasteiger partial charge in [0.25, 0.3) is 0 Å². The summed E-state index contributed by atoms with van der Waals surface area (Å²) < 4.78 is 11.1. The topological polar surface area (TPSA) is 58.7 Å². The molecule has 1 aromatic heterocycles. The minimum absolute atomic E-state index is 0.622. The molecular weight excluding hydrogens is 256 g/mol. The lowest BCUT2D eigenvalue weighted by atomic mass is 10.3. The third kappa shape index (κ3) is 4.25. The molecule has 20 heavy (non-hydrogen) atoms. The Morgan fingerprint density at radius 2 is 2.15 bits per heavy atom. The maximum atomic E-state index is 5.71. The second-order valence-electron chi connectivity index (χ2n) is 4.60. The second-order valence-corrected chi connectivity index (χ2v) is 4.60. The first kappa shape index (κ1) is 14.9. The normalized spacial score (nSPS) is 15.2. The Morgan fingerprint density at radius 3 is 2.85 bits per heavy atom. The van der Waals surface area contributed by atoms with Crippen LogP contribution in [-0.4, -0.2) is 58.0 Å². The van der Waals surface area contributed by atoms with Gasteiger partial charge in [0.15, 0.2) is 0 Å². The summed E-state index contributed by atoms with van der Waals surface area (Å²) in [5, 5.41) is 6.31. The molecule has 1 saturated heterocycles. The number of hydrogen-bond donors (Lipinski definition) is 2. The molecule has 0 saturated carbocycles. The first-order valence-electron chi connectivity index (χ1n) is 7.19. The van der Waals surface area contributed by atoms with Crippen molar-refractivity contribution < 1.29 is 9.47 Å². The summed E-state index contributed by atoms with van der Waals surface area (Å²) in [5.74, 6) is 1.49. The SMILES string of the molecule is CCNCCOc1cc(N2CCOCC2)cc(NC)n1. The maximum absolute atomic E-state index is 5.71. The third-order valence-corrected chi connectivity index (χ3v) is 3.20. The van der Waals surface area contributed by atoms with Gasteiger partial charge in [-0.3, -0.25) is 0 Å². The molecule has 1 aromatic rings. The molecule has 0 atom stereocenters. The summed E-state index contributed by atoms with van der Waals surface area (Å²) in [5.41, 5.74) is 1.13. The molecule has 0 aromatic carbocycles. The Balaban J connectivity index is 2.03. The van der Waals surface area contributed by atoms with Crippen molar-refractivity contribution >= 4 is 11.5 Å². The van der Waals surface area contributed by atoms with Crippen LogP contribution in [0.4, 0.5) is 11.5 Å². The van der Waals surface area contributed by atoms with Crippen molar-refractivity contribution in [2.75, 3.05) is 63.3 Å². The van der Waals surface area contributed by atoms with E-state index in [2.05, 4.69) is 27.4 Å². The zero-order chi connectivity index (χ0) is 14.2. The summed E-state index contributed by atoms with van der Waals surface area (Å²) in [6.07, 6.45) is 0. The van der Waals surface area contributed by atoms with E-state index in [0.29, 0.717) is 12.5 Å². The first-order valence-corrected chi connectivity index (χ1v) is 7.19. The van der Waals surface area contributed by atoms with Crippen molar-refractivity contribution in [3.63, 3.8) is 0 Å². The highest BCUT2D eigenvalue weighted by Crippen LogP contribution is 2.24. The molecule has 112 valence electrons. The van der Waals surface area contributed by atoms with Crippen LogP contribution < -0.4 is 20.3 Å². The fourth-order valence-corrected chi connectivity index (χ4v) is 2.10. The van der Waals surface area contributed by atoms with E-state index in [-0.39, 0.29) is 0 Å². The van der Waals surface area contributed by atoms with Crippen molar-refractivity contribution in [3.05, 3.63) is 12.1 Å². The van der Waals surface area contributed by atoms with Gasteiger partial charge in [0.2, 0.25) is 5.88 Å². The number of likely N-dealkylation sites (N-methyl/N-ethyl adjacent to an activating group) is 1. The van der Waals surface area contributed by atoms with Gasteiger partial charge < -0.3 is 25.0 Å². The average Bonchev–Trinajstić information content (AvgIpc) is 2.52. The van der Waals surface area contributed by atoms with Gasteiger partial charge in [-0.1, -0.05) is 6.92 Å². The van der Waals surface area contributed by atoms with E-state index in [1.807, 2.05) is 19.2 Å². The fraction of sp³-hybridized carbons (Fsp3) is 0.643. The molecular formula is C14H24N4O2. The zero-order valence-electron chi connectivity index (χ0n) is 12.3. The summed E-state index contributed by atoms with van der Waals surface area (Å²) in [7, 11) is 1.87. The highest BCUT2D eigenvalue weighted by atomic mass is 16.5. The highest BCUT2D eigenvalue weighted by Gasteiger charge is 2.13. The van der Waals surface area contributed by atoms with Crippen LogP contribution in [0.15, 0.2) is 12.1 Å². The van der Waals surface area contributed by atoms with E-state index in [1.54, 1.807) is 0 Å². The number of pyridine rings is 1. The van der Waals surface area contributed by atoms with Gasteiger partial charge in [-0.15, -0.1) is 0 Å². The van der Waals surface area contributed by atoms with Crippen molar-refractivity contribution in [2.24, 2.45) is 0 Å². The van der Waals surface area contributed by atoms with Crippen LogP contribution in [0, 0.1) is 0 Å². The minimum atomic E-state index is 0.622. The maximum Gasteiger partial charge on any atom is 0.217 e. The predicted molar refractivity (Wildman–Crippen MR) is 80.9 cm³/mol. The molecule has 0 aliphatic carbocycles. The Bertz CT molecular complexity index is 408. The molecule has 2 heterocycles. The lowest BCUT2D eigenvalue weighted by molar-refractivity contribution is 0.122. The fourth-order valence-electron chi connectivity index (χ4n) is 2.10. The Hall–Kier alpha value is -1.53. The number of nitrogens with zero attached hydrogens (tertiary/aromatic N) is 2. The Kier molecular flexibility index (Phi) is 5.88. The third-order valence-electron chi connectivity index (χ3n) is 3.20. The highest BCUT2D eigenvalue weighted by molar-refractivity contribution is 5.57. The van der Waals surface area contributed by atoms with Gasteiger partial charge in [0, 0.05) is 44.5 Å². The molecule has 6 nitrogen and oxygen atoms in total. The molecule has 6 heteroatoms. The summed E-state index contributed by atoms with van der Waals surface area (Å²) in [6.45, 7) is 7.84. The van der Waals surface area contributed by atoms with Gasteiger partial charge in [0.1, 0.15) is 12.4 Å². The van der Waals surface area contributed by atoms with Gasteiger partial charge in [0.05, 0.1) is 13.2 Å². The number of anilines is 2. The van der Waals surface area contributed by atoms with E-state index in [0.717, 1.165) is 50.9 Å². The van der Waals surface area contributed by atoms with Crippen molar-refractivity contribution in [2.45, 2.75) is 6.92 Å². The largest absolute Gasteiger partial charge is 0.476 e. The monoisotopic (exact) mass is 280 g/mol. The van der Waals surface area contributed by atoms with Crippen LogP contribution in [0.1, 0.15) is 6.92 Å². The van der Waals surface area contributed by atoms with Crippen LogP contribution in [0.3, 0.4) is 0 Å². The molecule has 0 spiro atoms. The number of ether oxygens (including phenoxy) is 2. The minimum Gasteiger partial charge on any atom is -0.476 e. The van der Waals surface area contributed by atoms with E-state index < -0.39 is 0 Å². The lowest BCUT2D eigenvalue weighted by Gasteiger charge is -2.29. The molecule has 1 aliphatic rings. The van der Waals surface area contributed by atoms with Gasteiger partial charge >= 0.3 is 0 Å². The van der Waals surface area contributed by atoms with Crippen LogP contribution in [0.25, 0.3) is 0 Å². The molecule has 1 aliphatic heterocycles. The summed E-state index contributed by atoms with van der Waals surface area (Å²) in [4.78, 5) is 6.72. The number of hydrogen-bond acceptors (Lipinski definition) is 6. The standard InChI is InChI=1S/C14H24N4O2/c1-3-16-4-7-20-14-11-12(10-13(15-2)17-14)18-5-8-19-9-6-18/h10-11,16H,3-9H2,1-2H3,(H,15,17). The van der Waals surface area contributed by atoms with Crippen molar-refractivity contribution in [1.82, 2.24) is 10.3 Å². The molecule has 0 unspecified atom stereocenters. The first-order chi connectivity index (χ1) is 9.83. The average molecular weight is 280 g/mol. The number of morpholine rings is 1. The van der Waals surface area contributed by atoms with E-state index in [9.17, 15) is 0 Å². The van der Waals surface area contributed by atoms with Crippen LogP contribution in [0.2, 0.25) is 0 Å². The number of nitrogens with one attached hydrogen (secondary N) is 2. The summed E-state index contributed by atoms with van der Waals surface area (Å²) in [6, 6.07) is 4.04. The summed E-state index contributed by atoms with van der Waals surface area (Å²) >= 11 is 0. The quantitative estimate of drug-likeness (QED) is 0.725. The van der Waals surface area contributed by atoms with Crippen molar-refractivity contribution in [1.29, 1.82) is 0 Å². The molecule has 1 fully saturated rings. The smallest absolute Gasteiger partial charge is 0.217 e. The number of rotatable bonds is 7. The van der Waals surface area contributed by atoms with Crippen LogP contribution >= 0.6 is 0 Å². The van der Waals surface area contributed by atoms with Crippen LogP contribution in [0.5, 0.6) is 5.88 Å². The van der Waals surface area contributed by atoms with Crippen LogP contribution in [-0.2, 0) is 4.74 Å². The second kappa shape index (κ2) is 7.91. The molecule has 0 amide bonds. The zero-order valence-corrected chi connectivity index (χ0v) is 12.3. The Morgan fingerprint density at radius 1 is 1.35 bits per heavy atom. The molecule has 2 N–H and O–H groups in total. The van der Waals surface area contributed by atoms with E-state index in [1.165, 1.54) is 0 Å². The molecule has 0 bridgehead atoms. The molecule has 0 radical (unpaired) electrons. The molecule has 2 rings (SSSR count). The van der Waals surface area contributed by atoms with Gasteiger partial charge in [-0.2, -0.15) is 4.98 Å². The predicted octanol–water partition coefficient (Wildman–Crippen LogP) is 0.948. The van der Waals surface area contributed by atoms with Gasteiger partial charge in [-0.05, 0) is 6.54 Å². The van der Waals surface area contributed by atoms with Crippen molar-refractivity contribution in [3.8, 4) is 5.88 Å².